The summed E-state index contributed by atoms with van der Waals surface area (Å²) in [6, 6.07) is 1.32. The molecule has 37 heavy (non-hydrogen) atoms. The molecule has 4 unspecified atom stereocenters. The van der Waals surface area contributed by atoms with Crippen LogP contribution in [0.2, 0.25) is 0 Å². The molecular weight excluding hydrogens is 484 g/mol. The van der Waals surface area contributed by atoms with Crippen molar-refractivity contribution in [3.05, 3.63) is 28.8 Å². The number of phenols is 1. The largest absolute Gasteiger partial charge is 0.507 e. The Labute approximate surface area is 212 Å². The third-order valence-corrected chi connectivity index (χ3v) is 7.90. The molecule has 0 saturated heterocycles. The third-order valence-electron chi connectivity index (χ3n) is 7.90. The number of carbonyl (C=O) groups is 6. The standard InChI is InChI=1S/C26H30N2O9/c1-4-5-8-37-25(35)12-6-7-15(29)17-13(12)9-11-10-14-19(28(2)3)21(31)18(24(27)34)23(33)26(14,36)22(32)16(11)20(17)30/h6-7,11,14,16,18-19,29,36H,4-5,8-10H2,1-3H3,(H2,27,34)/t11-,14-,16?,18?,19?,26?/m0/s1. The minimum absolute atomic E-state index is 0.00154. The van der Waals surface area contributed by atoms with Gasteiger partial charge in [-0.3, -0.25) is 28.9 Å². The van der Waals surface area contributed by atoms with E-state index in [1.54, 1.807) is 0 Å². The molecule has 3 aliphatic carbocycles. The van der Waals surface area contributed by atoms with E-state index >= 15 is 0 Å². The fourth-order valence-corrected chi connectivity index (χ4v) is 6.18. The molecule has 1 aromatic carbocycles. The van der Waals surface area contributed by atoms with Crippen LogP contribution in [0.4, 0.5) is 0 Å². The quantitative estimate of drug-likeness (QED) is 0.262. The lowest BCUT2D eigenvalue weighted by Gasteiger charge is -2.52. The summed E-state index contributed by atoms with van der Waals surface area (Å²) in [5, 5.41) is 22.1. The van der Waals surface area contributed by atoms with Crippen molar-refractivity contribution >= 4 is 35.0 Å². The number of aliphatic hydroxyl groups is 1. The maximum Gasteiger partial charge on any atom is 0.338 e. The van der Waals surface area contributed by atoms with Gasteiger partial charge in [0.25, 0.3) is 0 Å². The lowest BCUT2D eigenvalue weighted by molar-refractivity contribution is -0.181. The lowest BCUT2D eigenvalue weighted by atomic mass is 9.52. The Morgan fingerprint density at radius 2 is 1.84 bits per heavy atom. The Kier molecular flexibility index (Phi) is 6.80. The van der Waals surface area contributed by atoms with Crippen molar-refractivity contribution in [2.24, 2.45) is 29.4 Å². The number of unbranched alkanes of at least 4 members (excludes halogenated alkanes) is 1. The van der Waals surface area contributed by atoms with Gasteiger partial charge < -0.3 is 20.7 Å². The average molecular weight is 515 g/mol. The number of likely N-dealkylation sites (N-methyl/N-ethyl adjacent to an activating group) is 1. The molecule has 6 atom stereocenters. The molecule has 0 aliphatic heterocycles. The summed E-state index contributed by atoms with van der Waals surface area (Å²) in [7, 11) is 3.02. The number of rotatable bonds is 6. The highest BCUT2D eigenvalue weighted by molar-refractivity contribution is 6.32. The number of amides is 1. The molecule has 0 bridgehead atoms. The molecule has 3 aliphatic rings. The van der Waals surface area contributed by atoms with Crippen molar-refractivity contribution in [1.29, 1.82) is 0 Å². The molecule has 2 saturated carbocycles. The van der Waals surface area contributed by atoms with E-state index in [1.807, 2.05) is 6.92 Å². The Bertz CT molecular complexity index is 1220. The summed E-state index contributed by atoms with van der Waals surface area (Å²) in [6.45, 7) is 2.11. The van der Waals surface area contributed by atoms with Gasteiger partial charge in [-0.1, -0.05) is 13.3 Å². The van der Waals surface area contributed by atoms with Crippen LogP contribution in [0.3, 0.4) is 0 Å². The van der Waals surface area contributed by atoms with Crippen molar-refractivity contribution in [2.75, 3.05) is 20.7 Å². The van der Waals surface area contributed by atoms with Crippen molar-refractivity contribution < 1.29 is 43.7 Å². The van der Waals surface area contributed by atoms with Gasteiger partial charge in [-0.25, -0.2) is 4.79 Å². The highest BCUT2D eigenvalue weighted by atomic mass is 16.5. The molecule has 0 aromatic heterocycles. The number of benzene rings is 1. The van der Waals surface area contributed by atoms with Gasteiger partial charge in [0, 0.05) is 5.92 Å². The van der Waals surface area contributed by atoms with Crippen molar-refractivity contribution in [1.82, 2.24) is 4.90 Å². The monoisotopic (exact) mass is 514 g/mol. The molecule has 1 aromatic rings. The summed E-state index contributed by atoms with van der Waals surface area (Å²) in [5.41, 5.74) is 2.57. The van der Waals surface area contributed by atoms with Crippen LogP contribution in [-0.4, -0.2) is 82.5 Å². The van der Waals surface area contributed by atoms with Gasteiger partial charge in [-0.15, -0.1) is 0 Å². The predicted octanol–water partition coefficient (Wildman–Crippen LogP) is -0.176. The van der Waals surface area contributed by atoms with Gasteiger partial charge in [0.1, 0.15) is 5.75 Å². The second-order valence-electron chi connectivity index (χ2n) is 10.3. The number of hydrogen-bond acceptors (Lipinski definition) is 10. The van der Waals surface area contributed by atoms with E-state index < -0.39 is 76.1 Å². The van der Waals surface area contributed by atoms with Gasteiger partial charge in [0.2, 0.25) is 5.91 Å². The second-order valence-corrected chi connectivity index (χ2v) is 10.3. The van der Waals surface area contributed by atoms with E-state index in [2.05, 4.69) is 0 Å². The van der Waals surface area contributed by atoms with Crippen LogP contribution in [0, 0.1) is 23.7 Å². The Morgan fingerprint density at radius 1 is 1.16 bits per heavy atom. The normalized spacial score (nSPS) is 31.0. The zero-order valence-corrected chi connectivity index (χ0v) is 20.9. The van der Waals surface area contributed by atoms with Gasteiger partial charge in [-0.05, 0) is 57.0 Å². The lowest BCUT2D eigenvalue weighted by Crippen LogP contribution is -2.74. The van der Waals surface area contributed by atoms with E-state index in [0.717, 1.165) is 12.5 Å². The minimum atomic E-state index is -2.79. The number of fused-ring (bicyclic) bond motifs is 3. The van der Waals surface area contributed by atoms with E-state index in [9.17, 15) is 39.0 Å². The number of Topliss-reactive ketones (excluding diaryl/α,β-unsaturated/α-hetero) is 4. The maximum absolute atomic E-state index is 13.7. The number of nitrogens with zero attached hydrogens (tertiary/aromatic N) is 1. The molecule has 0 radical (unpaired) electrons. The summed E-state index contributed by atoms with van der Waals surface area (Å²) >= 11 is 0. The van der Waals surface area contributed by atoms with Crippen LogP contribution in [0.1, 0.15) is 52.5 Å². The summed E-state index contributed by atoms with van der Waals surface area (Å²) in [6.07, 6.45) is 1.35. The first-order chi connectivity index (χ1) is 17.4. The number of phenolic OH excluding ortho intramolecular Hbond substituents is 1. The van der Waals surface area contributed by atoms with Crippen molar-refractivity contribution in [2.45, 2.75) is 44.2 Å². The fourth-order valence-electron chi connectivity index (χ4n) is 6.18. The molecule has 198 valence electrons. The Morgan fingerprint density at radius 3 is 2.43 bits per heavy atom. The number of ketones is 4. The smallest absolute Gasteiger partial charge is 0.338 e. The first kappa shape index (κ1) is 26.6. The van der Waals surface area contributed by atoms with Crippen LogP contribution in [-0.2, 0) is 30.3 Å². The zero-order valence-electron chi connectivity index (χ0n) is 20.9. The van der Waals surface area contributed by atoms with Crippen LogP contribution < -0.4 is 5.73 Å². The van der Waals surface area contributed by atoms with Crippen LogP contribution in [0.5, 0.6) is 5.75 Å². The molecule has 0 spiro atoms. The number of nitrogens with two attached hydrogens (primary N) is 1. The van der Waals surface area contributed by atoms with Crippen molar-refractivity contribution in [3.63, 3.8) is 0 Å². The molecule has 4 rings (SSSR count). The van der Waals surface area contributed by atoms with Gasteiger partial charge >= 0.3 is 5.97 Å². The SMILES string of the molecule is CCCCOC(=O)c1ccc(O)c2c1C[C@H]1C[C@H]3C(N(C)C)C(=O)C(C(N)=O)C(=O)C3(O)C(=O)C1C2=O. The first-order valence-electron chi connectivity index (χ1n) is 12.2. The molecule has 11 heteroatoms. The molecule has 4 N–H and O–H groups in total. The van der Waals surface area contributed by atoms with Crippen molar-refractivity contribution in [3.8, 4) is 5.75 Å². The molecule has 11 nitrogen and oxygen atoms in total. The highest BCUT2D eigenvalue weighted by Crippen LogP contribution is 2.51. The van der Waals surface area contributed by atoms with E-state index in [0.29, 0.717) is 6.42 Å². The van der Waals surface area contributed by atoms with E-state index in [-0.39, 0.29) is 36.1 Å². The van der Waals surface area contributed by atoms with Gasteiger partial charge in [-0.2, -0.15) is 0 Å². The average Bonchev–Trinajstić information content (AvgIpc) is 2.81. The third kappa shape index (κ3) is 3.88. The number of ether oxygens (including phenoxy) is 1. The number of esters is 1. The number of hydrogen-bond donors (Lipinski definition) is 3. The predicted molar refractivity (Wildman–Crippen MR) is 127 cm³/mol. The molecule has 2 fully saturated rings. The van der Waals surface area contributed by atoms with E-state index in [4.69, 9.17) is 10.5 Å². The highest BCUT2D eigenvalue weighted by Gasteiger charge is 2.69. The zero-order chi connectivity index (χ0) is 27.4. The first-order valence-corrected chi connectivity index (χ1v) is 12.2. The Balaban J connectivity index is 1.81. The van der Waals surface area contributed by atoms with Gasteiger partial charge in [0.05, 0.1) is 29.7 Å². The topological polar surface area (TPSA) is 181 Å². The Hall–Kier alpha value is -3.44. The van der Waals surface area contributed by atoms with Crippen LogP contribution >= 0.6 is 0 Å². The number of carbonyl (C=O) groups excluding carboxylic acids is 6. The fraction of sp³-hybridized carbons (Fsp3) is 0.538. The summed E-state index contributed by atoms with van der Waals surface area (Å²) in [5.74, 6) is -12.1. The second kappa shape index (κ2) is 9.46. The number of aromatic hydroxyl groups is 1. The maximum atomic E-state index is 13.7. The summed E-state index contributed by atoms with van der Waals surface area (Å²) < 4.78 is 5.30. The minimum Gasteiger partial charge on any atom is -0.507 e. The van der Waals surface area contributed by atoms with Gasteiger partial charge in [0.15, 0.2) is 34.7 Å². The summed E-state index contributed by atoms with van der Waals surface area (Å²) in [4.78, 5) is 79.9. The van der Waals surface area contributed by atoms with E-state index in [1.165, 1.54) is 25.1 Å². The van der Waals surface area contributed by atoms with Crippen LogP contribution in [0.15, 0.2) is 12.1 Å². The number of primary amides is 1. The van der Waals surface area contributed by atoms with Crippen LogP contribution in [0.25, 0.3) is 0 Å². The molecule has 1 amide bonds. The molecular formula is C26H30N2O9. The molecule has 0 heterocycles.